The number of pyridine rings is 2. The first-order chi connectivity index (χ1) is 16.5. The summed E-state index contributed by atoms with van der Waals surface area (Å²) in [5, 5.41) is 3.78. The van der Waals surface area contributed by atoms with Crippen LogP contribution in [-0.4, -0.2) is 22.6 Å². The van der Waals surface area contributed by atoms with E-state index in [9.17, 15) is 4.39 Å². The van der Waals surface area contributed by atoms with Gasteiger partial charge >= 0.3 is 0 Å². The predicted octanol–water partition coefficient (Wildman–Crippen LogP) is 5.53. The fourth-order valence-electron chi connectivity index (χ4n) is 5.55. The zero-order valence-electron chi connectivity index (χ0n) is 20.5. The fraction of sp³-hybridized carbons (Fsp3) is 0.448. The lowest BCUT2D eigenvalue weighted by Crippen LogP contribution is -2.34. The van der Waals surface area contributed by atoms with Gasteiger partial charge in [-0.25, -0.2) is 4.39 Å². The maximum absolute atomic E-state index is 13.7. The normalized spacial score (nSPS) is 16.0. The van der Waals surface area contributed by atoms with Crippen molar-refractivity contribution in [2.75, 3.05) is 6.54 Å². The number of halogens is 1. The Hall–Kier alpha value is -2.63. The molecule has 2 heterocycles. The Bertz CT molecular complexity index is 1070. The Labute approximate surface area is 203 Å². The summed E-state index contributed by atoms with van der Waals surface area (Å²) < 4.78 is 13.7. The molecular weight excluding hydrogens is 423 g/mol. The van der Waals surface area contributed by atoms with E-state index < -0.39 is 0 Å². The van der Waals surface area contributed by atoms with Crippen molar-refractivity contribution in [2.45, 2.75) is 76.8 Å². The molecule has 0 saturated heterocycles. The number of aromatic nitrogens is 2. The number of aryl methyl sites for hydroxylation is 2. The van der Waals surface area contributed by atoms with Crippen LogP contribution in [0.25, 0.3) is 0 Å². The molecule has 0 amide bonds. The first-order valence-electron chi connectivity index (χ1n) is 12.6. The number of benzene rings is 1. The Morgan fingerprint density at radius 3 is 2.53 bits per heavy atom. The van der Waals surface area contributed by atoms with Crippen LogP contribution >= 0.6 is 0 Å². The minimum atomic E-state index is -0.187. The molecule has 4 rings (SSSR count). The SMILES string of the molecule is Cc1cnc(CC(CCCN)NCc2ncccc2C2(c3ccc(F)cc3)CCCC2)c(C)c1. The molecule has 0 spiro atoms. The van der Waals surface area contributed by atoms with E-state index in [0.717, 1.165) is 43.5 Å². The van der Waals surface area contributed by atoms with Crippen molar-refractivity contribution in [2.24, 2.45) is 5.73 Å². The van der Waals surface area contributed by atoms with Crippen LogP contribution in [0.15, 0.2) is 54.9 Å². The van der Waals surface area contributed by atoms with Gasteiger partial charge < -0.3 is 11.1 Å². The van der Waals surface area contributed by atoms with Crippen LogP contribution in [0, 0.1) is 19.7 Å². The Morgan fingerprint density at radius 1 is 1.06 bits per heavy atom. The van der Waals surface area contributed by atoms with E-state index in [2.05, 4.69) is 31.3 Å². The van der Waals surface area contributed by atoms with Gasteiger partial charge in [-0.05, 0) is 86.5 Å². The number of nitrogens with zero attached hydrogens (tertiary/aromatic N) is 2. The molecule has 3 N–H and O–H groups in total. The van der Waals surface area contributed by atoms with Gasteiger partial charge in [0.1, 0.15) is 5.82 Å². The lowest BCUT2D eigenvalue weighted by molar-refractivity contribution is 0.451. The molecule has 3 aromatic rings. The second kappa shape index (κ2) is 11.2. The first kappa shape index (κ1) is 24.5. The zero-order valence-corrected chi connectivity index (χ0v) is 20.5. The molecule has 0 radical (unpaired) electrons. The molecule has 1 aromatic carbocycles. The summed E-state index contributed by atoms with van der Waals surface area (Å²) in [4.78, 5) is 9.52. The number of hydrogen-bond donors (Lipinski definition) is 2. The minimum Gasteiger partial charge on any atom is -0.330 e. The summed E-state index contributed by atoms with van der Waals surface area (Å²) in [6, 6.07) is 13.8. The van der Waals surface area contributed by atoms with Crippen molar-refractivity contribution in [3.8, 4) is 0 Å². The Kier molecular flexibility index (Phi) is 8.07. The molecule has 1 aliphatic carbocycles. The van der Waals surface area contributed by atoms with Gasteiger partial charge in [-0.1, -0.05) is 37.1 Å². The van der Waals surface area contributed by atoms with Crippen molar-refractivity contribution in [3.05, 3.63) is 94.3 Å². The average molecular weight is 461 g/mol. The van der Waals surface area contributed by atoms with Gasteiger partial charge in [0.15, 0.2) is 0 Å². The third-order valence-corrected chi connectivity index (χ3v) is 7.34. The van der Waals surface area contributed by atoms with E-state index in [4.69, 9.17) is 15.7 Å². The average Bonchev–Trinajstić information content (AvgIpc) is 3.34. The summed E-state index contributed by atoms with van der Waals surface area (Å²) in [7, 11) is 0. The van der Waals surface area contributed by atoms with Crippen molar-refractivity contribution in [1.29, 1.82) is 0 Å². The quantitative estimate of drug-likeness (QED) is 0.417. The van der Waals surface area contributed by atoms with E-state index in [1.54, 1.807) is 12.1 Å². The molecule has 5 heteroatoms. The van der Waals surface area contributed by atoms with Crippen molar-refractivity contribution >= 4 is 0 Å². The summed E-state index contributed by atoms with van der Waals surface area (Å²) in [5.41, 5.74) is 12.9. The summed E-state index contributed by atoms with van der Waals surface area (Å²) in [6.45, 7) is 5.59. The van der Waals surface area contributed by atoms with Crippen LogP contribution in [0.2, 0.25) is 0 Å². The highest BCUT2D eigenvalue weighted by molar-refractivity contribution is 5.42. The molecule has 2 aromatic heterocycles. The van der Waals surface area contributed by atoms with Crippen molar-refractivity contribution in [1.82, 2.24) is 15.3 Å². The molecule has 1 unspecified atom stereocenters. The van der Waals surface area contributed by atoms with Crippen molar-refractivity contribution in [3.63, 3.8) is 0 Å². The highest BCUT2D eigenvalue weighted by Crippen LogP contribution is 2.47. The largest absolute Gasteiger partial charge is 0.330 e. The van der Waals surface area contributed by atoms with Gasteiger partial charge in [0, 0.05) is 42.5 Å². The van der Waals surface area contributed by atoms with Crippen LogP contribution < -0.4 is 11.1 Å². The van der Waals surface area contributed by atoms with Gasteiger partial charge in [0.05, 0.1) is 5.69 Å². The summed E-state index contributed by atoms with van der Waals surface area (Å²) in [5.74, 6) is -0.187. The van der Waals surface area contributed by atoms with Crippen LogP contribution in [0.5, 0.6) is 0 Å². The number of rotatable bonds is 10. The molecule has 180 valence electrons. The van der Waals surface area contributed by atoms with E-state index in [1.807, 2.05) is 30.6 Å². The maximum Gasteiger partial charge on any atom is 0.123 e. The second-order valence-corrected chi connectivity index (χ2v) is 9.78. The smallest absolute Gasteiger partial charge is 0.123 e. The lowest BCUT2D eigenvalue weighted by atomic mass is 9.72. The van der Waals surface area contributed by atoms with E-state index in [1.165, 1.54) is 35.1 Å². The van der Waals surface area contributed by atoms with E-state index >= 15 is 0 Å². The predicted molar refractivity (Wildman–Crippen MR) is 136 cm³/mol. The van der Waals surface area contributed by atoms with Crippen LogP contribution in [0.1, 0.15) is 72.2 Å². The number of nitrogens with two attached hydrogens (primary N) is 1. The third kappa shape index (κ3) is 5.53. The van der Waals surface area contributed by atoms with E-state index in [0.29, 0.717) is 13.1 Å². The molecule has 1 saturated carbocycles. The topological polar surface area (TPSA) is 63.8 Å². The maximum atomic E-state index is 13.7. The summed E-state index contributed by atoms with van der Waals surface area (Å²) in [6.07, 6.45) is 11.2. The standard InChI is InChI=1S/C29H37FN4/c1-21-17-22(2)27(34-19-21)18-25(7-5-15-31)33-20-28-26(8-6-16-32-28)29(13-3-4-14-29)23-9-11-24(30)12-10-23/h6,8-12,16-17,19,25,33H,3-5,7,13-15,18,20,31H2,1-2H3. The van der Waals surface area contributed by atoms with Crippen LogP contribution in [-0.2, 0) is 18.4 Å². The van der Waals surface area contributed by atoms with Gasteiger partial charge in [-0.2, -0.15) is 0 Å². The minimum absolute atomic E-state index is 0.0964. The van der Waals surface area contributed by atoms with Gasteiger partial charge in [0.2, 0.25) is 0 Å². The second-order valence-electron chi connectivity index (χ2n) is 9.78. The van der Waals surface area contributed by atoms with Crippen LogP contribution in [0.3, 0.4) is 0 Å². The molecular formula is C29H37FN4. The third-order valence-electron chi connectivity index (χ3n) is 7.34. The highest BCUT2D eigenvalue weighted by Gasteiger charge is 2.39. The Balaban J connectivity index is 1.58. The highest BCUT2D eigenvalue weighted by atomic mass is 19.1. The molecule has 1 fully saturated rings. The molecule has 34 heavy (non-hydrogen) atoms. The first-order valence-corrected chi connectivity index (χ1v) is 12.6. The van der Waals surface area contributed by atoms with Gasteiger partial charge in [0.25, 0.3) is 0 Å². The van der Waals surface area contributed by atoms with Crippen LogP contribution in [0.4, 0.5) is 4.39 Å². The lowest BCUT2D eigenvalue weighted by Gasteiger charge is -2.32. The molecule has 1 aliphatic rings. The van der Waals surface area contributed by atoms with Crippen molar-refractivity contribution < 1.29 is 4.39 Å². The molecule has 4 nitrogen and oxygen atoms in total. The monoisotopic (exact) mass is 460 g/mol. The summed E-state index contributed by atoms with van der Waals surface area (Å²) >= 11 is 0. The fourth-order valence-corrected chi connectivity index (χ4v) is 5.55. The number of hydrogen-bond acceptors (Lipinski definition) is 4. The van der Waals surface area contributed by atoms with Gasteiger partial charge in [-0.3, -0.25) is 9.97 Å². The molecule has 0 bridgehead atoms. The Morgan fingerprint density at radius 2 is 1.82 bits per heavy atom. The molecule has 0 aliphatic heterocycles. The van der Waals surface area contributed by atoms with E-state index in [-0.39, 0.29) is 17.3 Å². The zero-order chi connectivity index (χ0) is 24.0. The van der Waals surface area contributed by atoms with Gasteiger partial charge in [-0.15, -0.1) is 0 Å². The molecule has 1 atom stereocenters. The number of nitrogens with one attached hydrogen (secondary N) is 1.